The Hall–Kier alpha value is -1.46. The van der Waals surface area contributed by atoms with E-state index in [-0.39, 0.29) is 12.3 Å². The van der Waals surface area contributed by atoms with Gasteiger partial charge in [0.2, 0.25) is 5.91 Å². The summed E-state index contributed by atoms with van der Waals surface area (Å²) in [5, 5.41) is 15.5. The highest BCUT2D eigenvalue weighted by Gasteiger charge is 2.32. The lowest BCUT2D eigenvalue weighted by atomic mass is 9.92. The molecule has 2 rings (SSSR count). The second-order valence-corrected chi connectivity index (χ2v) is 5.22. The Labute approximate surface area is 119 Å². The number of aliphatic carboxylic acids is 1. The second kappa shape index (κ2) is 5.27. The van der Waals surface area contributed by atoms with Gasteiger partial charge in [-0.3, -0.25) is 4.79 Å². The maximum atomic E-state index is 11.2. The number of nitrogens with one attached hydrogen (secondary N) is 2. The average Bonchev–Trinajstić information content (AvgIpc) is 2.26. The van der Waals surface area contributed by atoms with Crippen LogP contribution in [0.2, 0.25) is 10.0 Å². The minimum Gasteiger partial charge on any atom is -0.480 e. The van der Waals surface area contributed by atoms with Crippen LogP contribution in [0.4, 0.5) is 5.69 Å². The molecule has 1 aromatic carbocycles. The normalized spacial score (nSPS) is 21.2. The standard InChI is InChI=1S/C12H12Cl2N2O3/c1-5(17)15-9-4-10(12(18)19)16-8-3-6(13)2-7(14)11(8)9/h2-3,9-10,16H,4H2,1H3,(H,15,17)(H,18,19)/t9-,10+/m0/s1. The minimum absolute atomic E-state index is 0.225. The lowest BCUT2D eigenvalue weighted by molar-refractivity contribution is -0.138. The van der Waals surface area contributed by atoms with Gasteiger partial charge in [0.15, 0.2) is 0 Å². The molecule has 102 valence electrons. The Kier molecular flexibility index (Phi) is 3.87. The number of amides is 1. The quantitative estimate of drug-likeness (QED) is 0.784. The molecular formula is C12H12Cl2N2O3. The van der Waals surface area contributed by atoms with Crippen LogP contribution >= 0.6 is 23.2 Å². The van der Waals surface area contributed by atoms with Gasteiger partial charge in [-0.25, -0.2) is 4.79 Å². The van der Waals surface area contributed by atoms with Gasteiger partial charge in [0.05, 0.1) is 6.04 Å². The van der Waals surface area contributed by atoms with E-state index in [1.165, 1.54) is 6.92 Å². The first-order valence-corrected chi connectivity index (χ1v) is 6.39. The van der Waals surface area contributed by atoms with Gasteiger partial charge in [-0.2, -0.15) is 0 Å². The first-order chi connectivity index (χ1) is 8.88. The Balaban J connectivity index is 2.46. The maximum Gasteiger partial charge on any atom is 0.326 e. The van der Waals surface area contributed by atoms with Crippen LogP contribution in [0.1, 0.15) is 24.9 Å². The molecule has 0 aliphatic carbocycles. The summed E-state index contributed by atoms with van der Waals surface area (Å²) in [6.07, 6.45) is 0.225. The molecule has 2 atom stereocenters. The number of rotatable bonds is 2. The highest BCUT2D eigenvalue weighted by molar-refractivity contribution is 6.35. The zero-order valence-electron chi connectivity index (χ0n) is 10.0. The van der Waals surface area contributed by atoms with E-state index in [1.54, 1.807) is 12.1 Å². The molecule has 0 saturated carbocycles. The monoisotopic (exact) mass is 302 g/mol. The molecule has 5 nitrogen and oxygen atoms in total. The fourth-order valence-electron chi connectivity index (χ4n) is 2.20. The second-order valence-electron chi connectivity index (χ2n) is 4.37. The van der Waals surface area contributed by atoms with Gasteiger partial charge < -0.3 is 15.7 Å². The summed E-state index contributed by atoms with van der Waals surface area (Å²) < 4.78 is 0. The first kappa shape index (κ1) is 14.0. The lowest BCUT2D eigenvalue weighted by Gasteiger charge is -2.32. The molecule has 0 unspecified atom stereocenters. The summed E-state index contributed by atoms with van der Waals surface area (Å²) in [5.41, 5.74) is 1.20. The van der Waals surface area contributed by atoms with Crippen molar-refractivity contribution < 1.29 is 14.7 Å². The number of carbonyl (C=O) groups is 2. The Morgan fingerprint density at radius 3 is 2.68 bits per heavy atom. The molecule has 0 saturated heterocycles. The number of benzene rings is 1. The van der Waals surface area contributed by atoms with Crippen LogP contribution in [-0.2, 0) is 9.59 Å². The van der Waals surface area contributed by atoms with E-state index < -0.39 is 18.1 Å². The molecule has 7 heteroatoms. The van der Waals surface area contributed by atoms with E-state index in [4.69, 9.17) is 28.3 Å². The third-order valence-corrected chi connectivity index (χ3v) is 3.45. The fraction of sp³-hybridized carbons (Fsp3) is 0.333. The van der Waals surface area contributed by atoms with Crippen LogP contribution in [0, 0.1) is 0 Å². The summed E-state index contributed by atoms with van der Waals surface area (Å²) in [4.78, 5) is 22.4. The van der Waals surface area contributed by atoms with Crippen LogP contribution in [0.3, 0.4) is 0 Å². The van der Waals surface area contributed by atoms with Crippen molar-refractivity contribution >= 4 is 40.8 Å². The largest absolute Gasteiger partial charge is 0.480 e. The summed E-state index contributed by atoms with van der Waals surface area (Å²) in [6, 6.07) is 1.94. The molecular weight excluding hydrogens is 291 g/mol. The van der Waals surface area contributed by atoms with E-state index in [1.807, 2.05) is 0 Å². The van der Waals surface area contributed by atoms with Crippen molar-refractivity contribution in [2.45, 2.75) is 25.4 Å². The molecule has 1 heterocycles. The molecule has 1 aliphatic rings. The molecule has 0 aromatic heterocycles. The van der Waals surface area contributed by atoms with E-state index >= 15 is 0 Å². The Morgan fingerprint density at radius 1 is 1.42 bits per heavy atom. The third-order valence-electron chi connectivity index (χ3n) is 2.92. The van der Waals surface area contributed by atoms with Crippen LogP contribution in [0.5, 0.6) is 0 Å². The van der Waals surface area contributed by atoms with Gasteiger partial charge in [-0.05, 0) is 12.1 Å². The molecule has 1 amide bonds. The zero-order chi connectivity index (χ0) is 14.2. The van der Waals surface area contributed by atoms with Gasteiger partial charge >= 0.3 is 5.97 Å². The number of anilines is 1. The molecule has 1 aliphatic heterocycles. The van der Waals surface area contributed by atoms with E-state index in [0.29, 0.717) is 21.3 Å². The van der Waals surface area contributed by atoms with Crippen molar-refractivity contribution in [2.24, 2.45) is 0 Å². The van der Waals surface area contributed by atoms with Crippen molar-refractivity contribution in [3.63, 3.8) is 0 Å². The molecule has 19 heavy (non-hydrogen) atoms. The number of halogens is 2. The zero-order valence-corrected chi connectivity index (χ0v) is 11.5. The topological polar surface area (TPSA) is 78.4 Å². The molecule has 0 radical (unpaired) electrons. The van der Waals surface area contributed by atoms with Crippen molar-refractivity contribution in [1.29, 1.82) is 0 Å². The van der Waals surface area contributed by atoms with Crippen LogP contribution in [-0.4, -0.2) is 23.0 Å². The smallest absolute Gasteiger partial charge is 0.326 e. The van der Waals surface area contributed by atoms with Crippen molar-refractivity contribution in [2.75, 3.05) is 5.32 Å². The Morgan fingerprint density at radius 2 is 2.11 bits per heavy atom. The van der Waals surface area contributed by atoms with Gasteiger partial charge in [0.25, 0.3) is 0 Å². The van der Waals surface area contributed by atoms with Gasteiger partial charge in [0.1, 0.15) is 6.04 Å². The summed E-state index contributed by atoms with van der Waals surface area (Å²) in [7, 11) is 0. The van der Waals surface area contributed by atoms with Crippen molar-refractivity contribution in [3.05, 3.63) is 27.7 Å². The average molecular weight is 303 g/mol. The van der Waals surface area contributed by atoms with E-state index in [2.05, 4.69) is 10.6 Å². The van der Waals surface area contributed by atoms with Crippen LogP contribution in [0.15, 0.2) is 12.1 Å². The van der Waals surface area contributed by atoms with Crippen LogP contribution in [0.25, 0.3) is 0 Å². The SMILES string of the molecule is CC(=O)N[C@H]1C[C@H](C(=O)O)Nc2cc(Cl)cc(Cl)c21. The predicted molar refractivity (Wildman–Crippen MR) is 72.7 cm³/mol. The Bertz CT molecular complexity index is 548. The fourth-order valence-corrected chi connectivity index (χ4v) is 2.82. The van der Waals surface area contributed by atoms with Gasteiger partial charge in [0, 0.05) is 34.6 Å². The highest BCUT2D eigenvalue weighted by atomic mass is 35.5. The highest BCUT2D eigenvalue weighted by Crippen LogP contribution is 2.39. The van der Waals surface area contributed by atoms with Gasteiger partial charge in [-0.1, -0.05) is 23.2 Å². The van der Waals surface area contributed by atoms with E-state index in [9.17, 15) is 9.59 Å². The van der Waals surface area contributed by atoms with Gasteiger partial charge in [-0.15, -0.1) is 0 Å². The first-order valence-electron chi connectivity index (χ1n) is 5.64. The molecule has 0 fully saturated rings. The van der Waals surface area contributed by atoms with E-state index in [0.717, 1.165) is 0 Å². The molecule has 1 aromatic rings. The lowest BCUT2D eigenvalue weighted by Crippen LogP contribution is -2.40. The number of carbonyl (C=O) groups excluding carboxylic acids is 1. The van der Waals surface area contributed by atoms with Crippen molar-refractivity contribution in [1.82, 2.24) is 5.32 Å². The molecule has 3 N–H and O–H groups in total. The summed E-state index contributed by atoms with van der Waals surface area (Å²) in [6.45, 7) is 1.38. The predicted octanol–water partition coefficient (Wildman–Crippen LogP) is 2.44. The molecule has 0 spiro atoms. The summed E-state index contributed by atoms with van der Waals surface area (Å²) >= 11 is 12.0. The number of carboxylic acid groups (broad SMARTS) is 1. The number of hydrogen-bond acceptors (Lipinski definition) is 3. The molecule has 0 bridgehead atoms. The number of hydrogen-bond donors (Lipinski definition) is 3. The third kappa shape index (κ3) is 2.93. The number of carboxylic acids is 1. The minimum atomic E-state index is -0.989. The summed E-state index contributed by atoms with van der Waals surface area (Å²) in [5.74, 6) is -1.23. The maximum absolute atomic E-state index is 11.2. The number of fused-ring (bicyclic) bond motifs is 1. The van der Waals surface area contributed by atoms with Crippen LogP contribution < -0.4 is 10.6 Å². The van der Waals surface area contributed by atoms with Crippen molar-refractivity contribution in [3.8, 4) is 0 Å².